The summed E-state index contributed by atoms with van der Waals surface area (Å²) in [5.74, 6) is 0. The molecule has 2 heteroatoms. The minimum atomic E-state index is 1.11. The van der Waals surface area contributed by atoms with E-state index in [9.17, 15) is 0 Å². The van der Waals surface area contributed by atoms with Crippen LogP contribution in [0.25, 0.3) is 84.8 Å². The molecule has 0 aliphatic carbocycles. The quantitative estimate of drug-likeness (QED) is 0.177. The molecule has 11 aromatic rings. The van der Waals surface area contributed by atoms with Crippen molar-refractivity contribution < 1.29 is 0 Å². The molecule has 252 valence electrons. The zero-order valence-electron chi connectivity index (χ0n) is 29.4. The highest BCUT2D eigenvalue weighted by Crippen LogP contribution is 2.45. The molecule has 0 amide bonds. The van der Waals surface area contributed by atoms with Crippen LogP contribution in [0.2, 0.25) is 0 Å². The van der Waals surface area contributed by atoms with Crippen LogP contribution >= 0.6 is 11.3 Å². The number of nitrogens with zero attached hydrogens (tertiary/aromatic N) is 1. The van der Waals surface area contributed by atoms with Crippen LogP contribution in [-0.2, 0) is 0 Å². The van der Waals surface area contributed by atoms with Crippen molar-refractivity contribution in [1.29, 1.82) is 0 Å². The zero-order chi connectivity index (χ0) is 35.6. The lowest BCUT2D eigenvalue weighted by molar-refractivity contribution is 1.30. The van der Waals surface area contributed by atoms with Gasteiger partial charge in [-0.05, 0) is 90.3 Å². The number of fused-ring (bicyclic) bond motifs is 15. The number of rotatable bonds is 3. The Balaban J connectivity index is 1.38. The molecule has 0 aliphatic heterocycles. The second-order valence-corrected chi connectivity index (χ2v) is 15.1. The molecular formula is C52H33NS. The molecule has 0 radical (unpaired) electrons. The fourth-order valence-corrected chi connectivity index (χ4v) is 9.92. The van der Waals surface area contributed by atoms with E-state index in [1.165, 1.54) is 84.8 Å². The van der Waals surface area contributed by atoms with Gasteiger partial charge < -0.3 is 4.90 Å². The molecule has 1 nitrogen and oxygen atoms in total. The third kappa shape index (κ3) is 4.78. The van der Waals surface area contributed by atoms with Crippen molar-refractivity contribution >= 4 is 113 Å². The standard InChI is InChI=1S/C52H33NS/c1-2-17-35(18-3-1)53(49-27-14-16-34-15-4-5-19-37(34)49)36-29-30-43-46-31-32-47-44-25-12-13-28-50(44)54-52(47)51(46)45-26-11-10-23-41(45)39-21-7-6-20-38(39)40-22-8-9-24-42(40)48(43)33-36/h1-33H. The van der Waals surface area contributed by atoms with E-state index in [1.807, 2.05) is 11.3 Å². The minimum Gasteiger partial charge on any atom is -0.310 e. The largest absolute Gasteiger partial charge is 0.310 e. The number of thiophene rings is 1. The zero-order valence-corrected chi connectivity index (χ0v) is 30.2. The van der Waals surface area contributed by atoms with Crippen molar-refractivity contribution in [3.05, 3.63) is 200 Å². The van der Waals surface area contributed by atoms with Crippen molar-refractivity contribution in [2.75, 3.05) is 4.90 Å². The number of benzene rings is 9. The van der Waals surface area contributed by atoms with Crippen LogP contribution in [-0.4, -0.2) is 0 Å². The molecule has 0 saturated carbocycles. The van der Waals surface area contributed by atoms with E-state index in [0.717, 1.165) is 17.1 Å². The summed E-state index contributed by atoms with van der Waals surface area (Å²) in [7, 11) is 0. The number of hydrogen-bond donors (Lipinski definition) is 0. The average molecular weight is 704 g/mol. The topological polar surface area (TPSA) is 3.24 Å². The van der Waals surface area contributed by atoms with Crippen molar-refractivity contribution in [3.63, 3.8) is 0 Å². The lowest BCUT2D eigenvalue weighted by Crippen LogP contribution is -2.10. The highest BCUT2D eigenvalue weighted by atomic mass is 32.1. The van der Waals surface area contributed by atoms with Gasteiger partial charge >= 0.3 is 0 Å². The Labute approximate surface area is 316 Å². The van der Waals surface area contributed by atoms with Gasteiger partial charge in [-0.15, -0.1) is 11.3 Å². The van der Waals surface area contributed by atoms with E-state index in [2.05, 4.69) is 205 Å². The van der Waals surface area contributed by atoms with Gasteiger partial charge in [0.25, 0.3) is 0 Å². The van der Waals surface area contributed by atoms with Crippen LogP contribution in [0.4, 0.5) is 17.1 Å². The maximum Gasteiger partial charge on any atom is 0.0540 e. The van der Waals surface area contributed by atoms with Gasteiger partial charge in [-0.3, -0.25) is 0 Å². The summed E-state index contributed by atoms with van der Waals surface area (Å²) in [6.07, 6.45) is 0. The molecule has 10 aromatic carbocycles. The second-order valence-electron chi connectivity index (χ2n) is 14.0. The minimum absolute atomic E-state index is 1.11. The normalized spacial score (nSPS) is 11.7. The van der Waals surface area contributed by atoms with Gasteiger partial charge in [0.2, 0.25) is 0 Å². The van der Waals surface area contributed by atoms with E-state index in [4.69, 9.17) is 0 Å². The van der Waals surface area contributed by atoms with Crippen molar-refractivity contribution in [2.24, 2.45) is 0 Å². The van der Waals surface area contributed by atoms with E-state index in [1.54, 1.807) is 0 Å². The van der Waals surface area contributed by atoms with Gasteiger partial charge in [-0.1, -0.05) is 164 Å². The number of hydrogen-bond acceptors (Lipinski definition) is 2. The Hall–Kier alpha value is -6.74. The third-order valence-electron chi connectivity index (χ3n) is 11.0. The molecule has 54 heavy (non-hydrogen) atoms. The first-order valence-electron chi connectivity index (χ1n) is 18.5. The lowest BCUT2D eigenvalue weighted by atomic mass is 9.93. The molecule has 0 fully saturated rings. The van der Waals surface area contributed by atoms with E-state index < -0.39 is 0 Å². The Morgan fingerprint density at radius 1 is 0.296 bits per heavy atom. The molecule has 1 heterocycles. The highest BCUT2D eigenvalue weighted by Gasteiger charge is 2.18. The molecule has 11 rings (SSSR count). The molecule has 0 aliphatic rings. The van der Waals surface area contributed by atoms with Gasteiger partial charge in [0.15, 0.2) is 0 Å². The molecule has 0 atom stereocenters. The van der Waals surface area contributed by atoms with E-state index in [-0.39, 0.29) is 0 Å². The SMILES string of the molecule is c1ccc(N(c2ccc3c(c2)c2ccccc2c2ccccc2c2ccccc2c2c3ccc3c4ccccc4sc32)c2cccc3ccccc23)cc1. The number of anilines is 3. The molecule has 0 N–H and O–H groups in total. The van der Waals surface area contributed by atoms with Crippen LogP contribution in [0.15, 0.2) is 200 Å². The maximum atomic E-state index is 2.43. The maximum absolute atomic E-state index is 2.43. The van der Waals surface area contributed by atoms with Crippen LogP contribution in [0, 0.1) is 0 Å². The van der Waals surface area contributed by atoms with Crippen LogP contribution < -0.4 is 4.90 Å². The Kier molecular flexibility index (Phi) is 7.11. The molecule has 0 unspecified atom stereocenters. The van der Waals surface area contributed by atoms with Gasteiger partial charge in [0.05, 0.1) is 5.69 Å². The van der Waals surface area contributed by atoms with E-state index >= 15 is 0 Å². The summed E-state index contributed by atoms with van der Waals surface area (Å²) in [6, 6.07) is 73.7. The fraction of sp³-hybridized carbons (Fsp3) is 0. The average Bonchev–Trinajstić information content (AvgIpc) is 3.63. The monoisotopic (exact) mass is 703 g/mol. The fourth-order valence-electron chi connectivity index (χ4n) is 8.66. The van der Waals surface area contributed by atoms with Crippen molar-refractivity contribution in [2.45, 2.75) is 0 Å². The van der Waals surface area contributed by atoms with Gasteiger partial charge in [-0.2, -0.15) is 0 Å². The predicted octanol–water partition coefficient (Wildman–Crippen LogP) is 15.6. The Morgan fingerprint density at radius 3 is 1.50 bits per heavy atom. The number of para-hydroxylation sites is 1. The Bertz CT molecular complexity index is 3340. The summed E-state index contributed by atoms with van der Waals surface area (Å²) in [5.41, 5.74) is 3.38. The summed E-state index contributed by atoms with van der Waals surface area (Å²) >= 11 is 1.90. The summed E-state index contributed by atoms with van der Waals surface area (Å²) in [5, 5.41) is 17.4. The van der Waals surface area contributed by atoms with Gasteiger partial charge in [-0.25, -0.2) is 0 Å². The van der Waals surface area contributed by atoms with Crippen molar-refractivity contribution in [1.82, 2.24) is 0 Å². The third-order valence-corrected chi connectivity index (χ3v) is 12.2. The molecular weight excluding hydrogens is 671 g/mol. The first-order chi connectivity index (χ1) is 26.8. The second kappa shape index (κ2) is 12.4. The first kappa shape index (κ1) is 30.8. The molecule has 0 saturated heterocycles. The van der Waals surface area contributed by atoms with Crippen molar-refractivity contribution in [3.8, 4) is 0 Å². The summed E-state index contributed by atoms with van der Waals surface area (Å²) in [6.45, 7) is 0. The predicted molar refractivity (Wildman–Crippen MR) is 237 cm³/mol. The van der Waals surface area contributed by atoms with Crippen LogP contribution in [0.5, 0.6) is 0 Å². The smallest absolute Gasteiger partial charge is 0.0540 e. The molecule has 1 aromatic heterocycles. The highest BCUT2D eigenvalue weighted by molar-refractivity contribution is 7.26. The molecule has 0 bridgehead atoms. The molecule has 0 spiro atoms. The van der Waals surface area contributed by atoms with Gasteiger partial charge in [0.1, 0.15) is 0 Å². The first-order valence-corrected chi connectivity index (χ1v) is 19.3. The van der Waals surface area contributed by atoms with Gasteiger partial charge in [0, 0.05) is 42.3 Å². The lowest BCUT2D eigenvalue weighted by Gasteiger charge is -2.27. The van der Waals surface area contributed by atoms with Crippen LogP contribution in [0.1, 0.15) is 0 Å². The summed E-state index contributed by atoms with van der Waals surface area (Å²) in [4.78, 5) is 2.42. The Morgan fingerprint density at radius 2 is 0.778 bits per heavy atom. The van der Waals surface area contributed by atoms with Crippen LogP contribution in [0.3, 0.4) is 0 Å². The summed E-state index contributed by atoms with van der Waals surface area (Å²) < 4.78 is 2.63. The van der Waals surface area contributed by atoms with E-state index in [0.29, 0.717) is 0 Å².